The lowest BCUT2D eigenvalue weighted by Gasteiger charge is -2.20. The molecule has 1 amide bonds. The molecule has 1 fully saturated rings. The number of benzene rings is 1. The van der Waals surface area contributed by atoms with Crippen molar-refractivity contribution in [3.05, 3.63) is 29.8 Å². The van der Waals surface area contributed by atoms with E-state index in [1.165, 1.54) is 0 Å². The van der Waals surface area contributed by atoms with E-state index in [9.17, 15) is 13.2 Å². The fourth-order valence-corrected chi connectivity index (χ4v) is 4.10. The maximum Gasteiger partial charge on any atom is 0.407 e. The molecular formula is C16H24N2O4S. The van der Waals surface area contributed by atoms with Crippen molar-refractivity contribution >= 4 is 21.6 Å². The van der Waals surface area contributed by atoms with Crippen LogP contribution in [0.1, 0.15) is 32.8 Å². The summed E-state index contributed by atoms with van der Waals surface area (Å²) in [5, 5.41) is 5.98. The number of anilines is 1. The van der Waals surface area contributed by atoms with E-state index in [1.807, 2.05) is 45.0 Å². The van der Waals surface area contributed by atoms with Crippen molar-refractivity contribution < 1.29 is 17.9 Å². The third-order valence-corrected chi connectivity index (χ3v) is 5.20. The highest BCUT2D eigenvalue weighted by atomic mass is 32.2. The molecule has 1 aromatic rings. The van der Waals surface area contributed by atoms with E-state index in [-0.39, 0.29) is 17.5 Å². The molecule has 1 aliphatic heterocycles. The highest BCUT2D eigenvalue weighted by Gasteiger charge is 2.28. The van der Waals surface area contributed by atoms with Crippen LogP contribution in [0.2, 0.25) is 0 Å². The summed E-state index contributed by atoms with van der Waals surface area (Å²) in [4.78, 5) is 11.7. The first-order chi connectivity index (χ1) is 10.6. The van der Waals surface area contributed by atoms with Gasteiger partial charge in [-0.05, 0) is 38.8 Å². The molecule has 1 unspecified atom stereocenters. The zero-order valence-corrected chi connectivity index (χ0v) is 14.6. The van der Waals surface area contributed by atoms with Crippen LogP contribution in [0.5, 0.6) is 0 Å². The maximum absolute atomic E-state index is 11.7. The second-order valence-electron chi connectivity index (χ2n) is 6.76. The van der Waals surface area contributed by atoms with E-state index in [1.54, 1.807) is 0 Å². The maximum atomic E-state index is 11.7. The number of hydrogen-bond acceptors (Lipinski definition) is 5. The molecule has 0 spiro atoms. The first-order valence-corrected chi connectivity index (χ1v) is 9.48. The lowest BCUT2D eigenvalue weighted by molar-refractivity contribution is 0.0523. The molecule has 0 radical (unpaired) electrons. The highest BCUT2D eigenvalue weighted by molar-refractivity contribution is 7.91. The third-order valence-electron chi connectivity index (χ3n) is 3.43. The summed E-state index contributed by atoms with van der Waals surface area (Å²) >= 11 is 0. The minimum Gasteiger partial charge on any atom is -0.444 e. The average molecular weight is 340 g/mol. The lowest BCUT2D eigenvalue weighted by atomic mass is 10.1. The van der Waals surface area contributed by atoms with Gasteiger partial charge in [-0.1, -0.05) is 18.2 Å². The Bertz CT molecular complexity index is 665. The van der Waals surface area contributed by atoms with Gasteiger partial charge in [0.15, 0.2) is 9.84 Å². The smallest absolute Gasteiger partial charge is 0.407 e. The standard InChI is InChI=1S/C16H24N2O4S/c1-16(2,3)22-15(19)17-10-12-6-4-5-7-14(12)18-13-8-9-23(20,21)11-13/h4-7,13,18H,8-11H2,1-3H3,(H,17,19). The molecule has 23 heavy (non-hydrogen) atoms. The molecule has 0 saturated carbocycles. The normalized spacial score (nSPS) is 20.0. The summed E-state index contributed by atoms with van der Waals surface area (Å²) in [6.45, 7) is 5.74. The van der Waals surface area contributed by atoms with Gasteiger partial charge in [-0.25, -0.2) is 13.2 Å². The van der Waals surface area contributed by atoms with Crippen molar-refractivity contribution in [1.29, 1.82) is 0 Å². The molecule has 6 nitrogen and oxygen atoms in total. The predicted molar refractivity (Wildman–Crippen MR) is 90.2 cm³/mol. The van der Waals surface area contributed by atoms with Gasteiger partial charge in [0, 0.05) is 18.3 Å². The fourth-order valence-electron chi connectivity index (χ4n) is 2.43. The molecule has 2 N–H and O–H groups in total. The van der Waals surface area contributed by atoms with Crippen LogP contribution in [0.15, 0.2) is 24.3 Å². The van der Waals surface area contributed by atoms with E-state index < -0.39 is 21.5 Å². The molecule has 1 aromatic carbocycles. The highest BCUT2D eigenvalue weighted by Crippen LogP contribution is 2.21. The molecule has 1 heterocycles. The third kappa shape index (κ3) is 5.74. The van der Waals surface area contributed by atoms with Crippen molar-refractivity contribution in [2.45, 2.75) is 45.4 Å². The van der Waals surface area contributed by atoms with Gasteiger partial charge in [-0.3, -0.25) is 0 Å². The minimum atomic E-state index is -2.93. The number of carbonyl (C=O) groups excluding carboxylic acids is 1. The number of carbonyl (C=O) groups is 1. The number of rotatable bonds is 4. The van der Waals surface area contributed by atoms with Crippen molar-refractivity contribution in [3.8, 4) is 0 Å². The Balaban J connectivity index is 1.97. The number of ether oxygens (including phenoxy) is 1. The predicted octanol–water partition coefficient (Wildman–Crippen LogP) is 2.31. The van der Waals surface area contributed by atoms with Crippen molar-refractivity contribution in [1.82, 2.24) is 5.32 Å². The molecule has 1 aliphatic rings. The monoisotopic (exact) mass is 340 g/mol. The van der Waals surface area contributed by atoms with Gasteiger partial charge in [0.2, 0.25) is 0 Å². The Morgan fingerprint density at radius 1 is 1.30 bits per heavy atom. The van der Waals surface area contributed by atoms with Crippen LogP contribution in [0, 0.1) is 0 Å². The summed E-state index contributed by atoms with van der Waals surface area (Å²) in [5.74, 6) is 0.379. The summed E-state index contributed by atoms with van der Waals surface area (Å²) in [7, 11) is -2.93. The summed E-state index contributed by atoms with van der Waals surface area (Å²) in [6.07, 6.45) is 0.131. The van der Waals surface area contributed by atoms with E-state index in [4.69, 9.17) is 4.74 Å². The second-order valence-corrected chi connectivity index (χ2v) is 8.99. The van der Waals surface area contributed by atoms with Gasteiger partial charge in [0.1, 0.15) is 5.60 Å². The van der Waals surface area contributed by atoms with Gasteiger partial charge in [0.05, 0.1) is 11.5 Å². The van der Waals surface area contributed by atoms with Gasteiger partial charge in [-0.15, -0.1) is 0 Å². The number of sulfone groups is 1. The second kappa shape index (κ2) is 6.78. The van der Waals surface area contributed by atoms with E-state index in [0.717, 1.165) is 11.3 Å². The Morgan fingerprint density at radius 3 is 2.61 bits per heavy atom. The molecule has 7 heteroatoms. The fraction of sp³-hybridized carbons (Fsp3) is 0.562. The van der Waals surface area contributed by atoms with Crippen LogP contribution in [0.4, 0.5) is 10.5 Å². The van der Waals surface area contributed by atoms with Crippen LogP contribution < -0.4 is 10.6 Å². The molecule has 0 bridgehead atoms. The number of para-hydroxylation sites is 1. The van der Waals surface area contributed by atoms with E-state index in [2.05, 4.69) is 10.6 Å². The molecule has 0 aromatic heterocycles. The molecule has 128 valence electrons. The topological polar surface area (TPSA) is 84.5 Å². The summed E-state index contributed by atoms with van der Waals surface area (Å²) in [6, 6.07) is 7.45. The van der Waals surface area contributed by atoms with Crippen molar-refractivity contribution in [2.75, 3.05) is 16.8 Å². The Morgan fingerprint density at radius 2 is 2.00 bits per heavy atom. The van der Waals surface area contributed by atoms with Crippen LogP contribution >= 0.6 is 0 Å². The van der Waals surface area contributed by atoms with E-state index >= 15 is 0 Å². The largest absolute Gasteiger partial charge is 0.444 e. The zero-order valence-electron chi connectivity index (χ0n) is 13.8. The molecule has 1 saturated heterocycles. The van der Waals surface area contributed by atoms with Gasteiger partial charge in [0.25, 0.3) is 0 Å². The minimum absolute atomic E-state index is 0.0809. The Hall–Kier alpha value is -1.76. The first-order valence-electron chi connectivity index (χ1n) is 7.66. The molecule has 1 atom stereocenters. The Kier molecular flexibility index (Phi) is 5.19. The lowest BCUT2D eigenvalue weighted by Crippen LogP contribution is -2.32. The van der Waals surface area contributed by atoms with Crippen LogP contribution in [0.25, 0.3) is 0 Å². The Labute approximate surface area is 137 Å². The number of amides is 1. The van der Waals surface area contributed by atoms with Gasteiger partial charge in [-0.2, -0.15) is 0 Å². The van der Waals surface area contributed by atoms with Gasteiger partial charge < -0.3 is 15.4 Å². The number of hydrogen-bond donors (Lipinski definition) is 2. The summed E-state index contributed by atoms with van der Waals surface area (Å²) in [5.41, 5.74) is 1.19. The van der Waals surface area contributed by atoms with Crippen LogP contribution in [-0.2, 0) is 21.1 Å². The average Bonchev–Trinajstić information content (AvgIpc) is 2.75. The SMILES string of the molecule is CC(C)(C)OC(=O)NCc1ccccc1NC1CCS(=O)(=O)C1. The number of nitrogens with one attached hydrogen (secondary N) is 2. The van der Waals surface area contributed by atoms with Crippen LogP contribution in [0.3, 0.4) is 0 Å². The molecule has 2 rings (SSSR count). The van der Waals surface area contributed by atoms with Crippen molar-refractivity contribution in [3.63, 3.8) is 0 Å². The van der Waals surface area contributed by atoms with Gasteiger partial charge >= 0.3 is 6.09 Å². The zero-order chi connectivity index (χ0) is 17.1. The van der Waals surface area contributed by atoms with Crippen LogP contribution in [-0.4, -0.2) is 37.7 Å². The molecular weight excluding hydrogens is 316 g/mol. The first kappa shape index (κ1) is 17.6. The molecule has 0 aliphatic carbocycles. The van der Waals surface area contributed by atoms with Crippen molar-refractivity contribution in [2.24, 2.45) is 0 Å². The summed E-state index contributed by atoms with van der Waals surface area (Å²) < 4.78 is 28.3. The number of alkyl carbamates (subject to hydrolysis) is 1. The quantitative estimate of drug-likeness (QED) is 0.878. The van der Waals surface area contributed by atoms with E-state index in [0.29, 0.717) is 13.0 Å².